The van der Waals surface area contributed by atoms with Crippen molar-refractivity contribution in [3.05, 3.63) is 33.0 Å². The summed E-state index contributed by atoms with van der Waals surface area (Å²) in [5.74, 6) is 2.71. The van der Waals surface area contributed by atoms with E-state index < -0.39 is 6.10 Å². The zero-order valence-electron chi connectivity index (χ0n) is 11.7. The topological polar surface area (TPSA) is 20.2 Å². The molecule has 21 heavy (non-hydrogen) atoms. The first-order valence-corrected chi connectivity index (χ1v) is 9.02. The van der Waals surface area contributed by atoms with Crippen molar-refractivity contribution >= 4 is 27.5 Å². The van der Waals surface area contributed by atoms with E-state index in [0.29, 0.717) is 26.9 Å². The number of hydrogen-bond acceptors (Lipinski definition) is 1. The Kier molecular flexibility index (Phi) is 3.59. The number of rotatable bonds is 2. The van der Waals surface area contributed by atoms with E-state index in [4.69, 9.17) is 11.6 Å². The Bertz CT molecular complexity index is 548. The predicted molar refractivity (Wildman–Crippen MR) is 84.6 cm³/mol. The molecule has 1 atom stereocenters. The third-order valence-corrected chi connectivity index (χ3v) is 7.22. The Morgan fingerprint density at radius 1 is 1.10 bits per heavy atom. The lowest BCUT2D eigenvalue weighted by Gasteiger charge is -2.55. The molecule has 1 N–H and O–H groups in total. The maximum atomic E-state index is 14.2. The summed E-state index contributed by atoms with van der Waals surface area (Å²) < 4.78 is 14.8. The molecule has 1 aromatic carbocycles. The molecule has 4 bridgehead atoms. The van der Waals surface area contributed by atoms with Gasteiger partial charge in [0.1, 0.15) is 5.82 Å². The van der Waals surface area contributed by atoms with E-state index in [2.05, 4.69) is 15.9 Å². The number of hydrogen-bond donors (Lipinski definition) is 1. The van der Waals surface area contributed by atoms with Gasteiger partial charge in [0.25, 0.3) is 0 Å². The lowest BCUT2D eigenvalue weighted by atomic mass is 9.50. The molecule has 0 saturated heterocycles. The Morgan fingerprint density at radius 2 is 1.67 bits per heavy atom. The Labute approximate surface area is 138 Å². The number of aliphatic hydroxyl groups is 1. The number of halogens is 3. The van der Waals surface area contributed by atoms with Gasteiger partial charge in [0.2, 0.25) is 0 Å². The van der Waals surface area contributed by atoms with E-state index in [0.717, 1.165) is 11.8 Å². The molecular weight excluding hydrogens is 355 g/mol. The molecule has 1 aromatic rings. The molecule has 0 aliphatic heterocycles. The third-order valence-electron chi connectivity index (χ3n) is 6.02. The maximum absolute atomic E-state index is 14.2. The van der Waals surface area contributed by atoms with Crippen molar-refractivity contribution in [1.29, 1.82) is 0 Å². The minimum atomic E-state index is -0.717. The zero-order valence-corrected chi connectivity index (χ0v) is 14.1. The van der Waals surface area contributed by atoms with E-state index in [-0.39, 0.29) is 11.7 Å². The van der Waals surface area contributed by atoms with Gasteiger partial charge in [0.15, 0.2) is 0 Å². The fourth-order valence-electron chi connectivity index (χ4n) is 5.45. The number of aliphatic hydroxyl groups excluding tert-OH is 1. The van der Waals surface area contributed by atoms with Gasteiger partial charge < -0.3 is 5.11 Å². The normalized spacial score (nSPS) is 38.8. The highest BCUT2D eigenvalue weighted by Crippen LogP contribution is 2.59. The Balaban J connectivity index is 1.66. The molecule has 0 radical (unpaired) electrons. The van der Waals surface area contributed by atoms with E-state index in [9.17, 15) is 9.50 Å². The minimum absolute atomic E-state index is 0.213. The first kappa shape index (κ1) is 14.5. The fourth-order valence-corrected chi connectivity index (χ4v) is 5.94. The lowest BCUT2D eigenvalue weighted by Crippen LogP contribution is -2.47. The molecule has 0 heterocycles. The van der Waals surface area contributed by atoms with Gasteiger partial charge in [-0.25, -0.2) is 4.39 Å². The van der Waals surface area contributed by atoms with Crippen LogP contribution < -0.4 is 0 Å². The summed E-state index contributed by atoms with van der Waals surface area (Å²) in [4.78, 5) is 0. The van der Waals surface area contributed by atoms with Crippen molar-refractivity contribution in [1.82, 2.24) is 0 Å². The van der Waals surface area contributed by atoms with Crippen molar-refractivity contribution in [2.45, 2.75) is 38.2 Å². The molecule has 0 aromatic heterocycles. The standard InChI is InChI=1S/C17H19BrClFO/c18-13-7-15(20)12(6-14(13)19)17(21)16-10-2-8-1-9(4-10)5-11(16)3-8/h6-11,16-17,21H,1-5H2. The molecule has 0 amide bonds. The van der Waals surface area contributed by atoms with Gasteiger partial charge in [0, 0.05) is 10.0 Å². The molecular formula is C17H19BrClFO. The Morgan fingerprint density at radius 3 is 2.24 bits per heavy atom. The van der Waals surface area contributed by atoms with Gasteiger partial charge in [-0.05, 0) is 89.8 Å². The largest absolute Gasteiger partial charge is 0.388 e. The second-order valence-corrected chi connectivity index (χ2v) is 8.50. The van der Waals surface area contributed by atoms with E-state index in [1.807, 2.05) is 0 Å². The highest BCUT2D eigenvalue weighted by atomic mass is 79.9. The molecule has 1 unspecified atom stereocenters. The third kappa shape index (κ3) is 2.36. The van der Waals surface area contributed by atoms with E-state index >= 15 is 0 Å². The average molecular weight is 374 g/mol. The number of benzene rings is 1. The van der Waals surface area contributed by atoms with Crippen LogP contribution in [0.5, 0.6) is 0 Å². The van der Waals surface area contributed by atoms with Gasteiger partial charge in [-0.15, -0.1) is 0 Å². The van der Waals surface area contributed by atoms with Gasteiger partial charge in [-0.2, -0.15) is 0 Å². The van der Waals surface area contributed by atoms with E-state index in [1.165, 1.54) is 38.2 Å². The van der Waals surface area contributed by atoms with Crippen LogP contribution in [-0.4, -0.2) is 5.11 Å². The van der Waals surface area contributed by atoms with Crippen LogP contribution >= 0.6 is 27.5 Å². The summed E-state index contributed by atoms with van der Waals surface area (Å²) >= 11 is 9.33. The van der Waals surface area contributed by atoms with Crippen LogP contribution in [0.4, 0.5) is 4.39 Å². The molecule has 4 fully saturated rings. The molecule has 4 aliphatic rings. The molecule has 4 saturated carbocycles. The summed E-state index contributed by atoms with van der Waals surface area (Å²) in [7, 11) is 0. The van der Waals surface area contributed by atoms with Gasteiger partial charge in [-0.1, -0.05) is 11.6 Å². The second-order valence-electron chi connectivity index (χ2n) is 7.24. The maximum Gasteiger partial charge on any atom is 0.130 e. The van der Waals surface area contributed by atoms with Crippen LogP contribution in [0.2, 0.25) is 5.02 Å². The highest BCUT2D eigenvalue weighted by Gasteiger charge is 2.50. The van der Waals surface area contributed by atoms with Crippen LogP contribution in [0.3, 0.4) is 0 Å². The first-order valence-electron chi connectivity index (χ1n) is 7.85. The van der Waals surface area contributed by atoms with Crippen molar-refractivity contribution in [3.8, 4) is 0 Å². The predicted octanol–water partition coefficient (Wildman–Crippen LogP) is 5.35. The monoisotopic (exact) mass is 372 g/mol. The molecule has 5 rings (SSSR count). The summed E-state index contributed by atoms with van der Waals surface area (Å²) in [6.07, 6.45) is 5.56. The van der Waals surface area contributed by atoms with Crippen molar-refractivity contribution in [2.24, 2.45) is 29.6 Å². The highest BCUT2D eigenvalue weighted by molar-refractivity contribution is 9.10. The quantitative estimate of drug-likeness (QED) is 0.693. The van der Waals surface area contributed by atoms with Crippen LogP contribution in [0, 0.1) is 35.4 Å². The summed E-state index contributed by atoms with van der Waals surface area (Å²) in [6.45, 7) is 0. The smallest absolute Gasteiger partial charge is 0.130 e. The van der Waals surface area contributed by atoms with Gasteiger partial charge >= 0.3 is 0 Å². The minimum Gasteiger partial charge on any atom is -0.388 e. The van der Waals surface area contributed by atoms with Crippen LogP contribution in [-0.2, 0) is 0 Å². The van der Waals surface area contributed by atoms with Gasteiger partial charge in [0.05, 0.1) is 11.1 Å². The summed E-state index contributed by atoms with van der Waals surface area (Å²) in [6, 6.07) is 2.97. The molecule has 114 valence electrons. The van der Waals surface area contributed by atoms with Gasteiger partial charge in [-0.3, -0.25) is 0 Å². The Hall–Kier alpha value is -0.120. The zero-order chi connectivity index (χ0) is 14.7. The summed E-state index contributed by atoms with van der Waals surface area (Å²) in [5.41, 5.74) is 0.376. The first-order chi connectivity index (χ1) is 10.0. The lowest BCUT2D eigenvalue weighted by molar-refractivity contribution is -0.0915. The van der Waals surface area contributed by atoms with Crippen molar-refractivity contribution in [3.63, 3.8) is 0 Å². The fraction of sp³-hybridized carbons (Fsp3) is 0.647. The molecule has 0 spiro atoms. The molecule has 4 heteroatoms. The van der Waals surface area contributed by atoms with Crippen molar-refractivity contribution < 1.29 is 9.50 Å². The molecule has 4 aliphatic carbocycles. The second kappa shape index (κ2) is 5.21. The van der Waals surface area contributed by atoms with E-state index in [1.54, 1.807) is 6.07 Å². The van der Waals surface area contributed by atoms with Crippen LogP contribution in [0.1, 0.15) is 43.8 Å². The molecule has 1 nitrogen and oxygen atoms in total. The van der Waals surface area contributed by atoms with Crippen LogP contribution in [0.15, 0.2) is 16.6 Å². The van der Waals surface area contributed by atoms with Crippen molar-refractivity contribution in [2.75, 3.05) is 0 Å². The average Bonchev–Trinajstić information content (AvgIpc) is 2.41. The SMILES string of the molecule is OC(c1cc(Cl)c(Br)cc1F)C1C2CC3CC(C2)CC1C3. The van der Waals surface area contributed by atoms with Crippen LogP contribution in [0.25, 0.3) is 0 Å². The summed E-state index contributed by atoms with van der Waals surface area (Å²) in [5, 5.41) is 11.3.